The van der Waals surface area contributed by atoms with Crippen LogP contribution in [-0.2, 0) is 0 Å². The second-order valence-corrected chi connectivity index (χ2v) is 6.14. The SMILES string of the molecule is Oc1c([C@H](Nc2nccs2)c2ccccn2)ccc2cccnc12. The Morgan fingerprint density at radius 1 is 0.917 bits per heavy atom. The summed E-state index contributed by atoms with van der Waals surface area (Å²) in [5.74, 6) is 0.160. The summed E-state index contributed by atoms with van der Waals surface area (Å²) >= 11 is 1.50. The molecule has 2 N–H and O–H groups in total. The minimum atomic E-state index is -0.316. The average molecular weight is 334 g/mol. The van der Waals surface area contributed by atoms with Crippen LogP contribution in [0.25, 0.3) is 10.9 Å². The number of phenolic OH excluding ortho intramolecular Hbond substituents is 1. The van der Waals surface area contributed by atoms with Gasteiger partial charge in [0.1, 0.15) is 11.3 Å². The lowest BCUT2D eigenvalue weighted by atomic mass is 10.00. The number of hydrogen-bond donors (Lipinski definition) is 2. The Kier molecular flexibility index (Phi) is 3.80. The largest absolute Gasteiger partial charge is 0.505 e. The number of hydrogen-bond acceptors (Lipinski definition) is 6. The Labute approximate surface area is 142 Å². The maximum absolute atomic E-state index is 10.8. The van der Waals surface area contributed by atoms with Gasteiger partial charge in [-0.15, -0.1) is 11.3 Å². The number of benzene rings is 1. The van der Waals surface area contributed by atoms with Gasteiger partial charge in [0.2, 0.25) is 0 Å². The lowest BCUT2D eigenvalue weighted by Gasteiger charge is -2.20. The summed E-state index contributed by atoms with van der Waals surface area (Å²) in [6.45, 7) is 0. The Balaban J connectivity index is 1.85. The van der Waals surface area contributed by atoms with Gasteiger partial charge in [-0.2, -0.15) is 0 Å². The molecule has 0 aliphatic carbocycles. The molecule has 1 aromatic carbocycles. The van der Waals surface area contributed by atoms with Crippen molar-refractivity contribution in [3.8, 4) is 5.75 Å². The summed E-state index contributed by atoms with van der Waals surface area (Å²) in [4.78, 5) is 13.0. The molecule has 0 aliphatic heterocycles. The molecule has 4 rings (SSSR count). The molecule has 0 bridgehead atoms. The number of aromatic hydroxyl groups is 1. The van der Waals surface area contributed by atoms with E-state index in [0.29, 0.717) is 5.52 Å². The minimum absolute atomic E-state index is 0.160. The number of phenols is 1. The average Bonchev–Trinajstić information content (AvgIpc) is 3.15. The smallest absolute Gasteiger partial charge is 0.183 e. The number of thiazole rings is 1. The number of pyridine rings is 2. The van der Waals surface area contributed by atoms with Crippen LogP contribution in [0.15, 0.2) is 66.4 Å². The summed E-state index contributed by atoms with van der Waals surface area (Å²) in [6.07, 6.45) is 5.16. The van der Waals surface area contributed by atoms with Crippen molar-refractivity contribution in [2.24, 2.45) is 0 Å². The topological polar surface area (TPSA) is 70.9 Å². The summed E-state index contributed by atoms with van der Waals surface area (Å²) in [5.41, 5.74) is 2.10. The first-order valence-corrected chi connectivity index (χ1v) is 8.34. The number of rotatable bonds is 4. The first-order chi connectivity index (χ1) is 11.8. The van der Waals surface area contributed by atoms with E-state index in [1.54, 1.807) is 18.6 Å². The van der Waals surface area contributed by atoms with Crippen LogP contribution in [0.4, 0.5) is 5.13 Å². The lowest BCUT2D eigenvalue weighted by Crippen LogP contribution is -2.14. The number of fused-ring (bicyclic) bond motifs is 1. The van der Waals surface area contributed by atoms with E-state index in [4.69, 9.17) is 0 Å². The fourth-order valence-corrected chi connectivity index (χ4v) is 3.21. The molecule has 3 heterocycles. The fraction of sp³-hybridized carbons (Fsp3) is 0.0556. The molecule has 0 radical (unpaired) electrons. The fourth-order valence-electron chi connectivity index (χ4n) is 2.65. The van der Waals surface area contributed by atoms with E-state index in [1.807, 2.05) is 47.8 Å². The van der Waals surface area contributed by atoms with Crippen LogP contribution in [-0.4, -0.2) is 20.1 Å². The first-order valence-electron chi connectivity index (χ1n) is 7.46. The van der Waals surface area contributed by atoms with Gasteiger partial charge in [0.05, 0.1) is 11.7 Å². The van der Waals surface area contributed by atoms with Gasteiger partial charge in [-0.05, 0) is 18.2 Å². The minimum Gasteiger partial charge on any atom is -0.505 e. The third-order valence-corrected chi connectivity index (χ3v) is 4.48. The zero-order valence-corrected chi connectivity index (χ0v) is 13.4. The van der Waals surface area contributed by atoms with Crippen LogP contribution in [0.2, 0.25) is 0 Å². The normalized spacial score (nSPS) is 12.2. The predicted molar refractivity (Wildman–Crippen MR) is 95.2 cm³/mol. The molecular formula is C18H14N4OS. The van der Waals surface area contributed by atoms with Crippen LogP contribution >= 0.6 is 11.3 Å². The maximum atomic E-state index is 10.8. The molecule has 0 fully saturated rings. The van der Waals surface area contributed by atoms with E-state index in [-0.39, 0.29) is 11.8 Å². The summed E-state index contributed by atoms with van der Waals surface area (Å²) in [7, 11) is 0. The molecule has 5 nitrogen and oxygen atoms in total. The van der Waals surface area contributed by atoms with E-state index < -0.39 is 0 Å². The maximum Gasteiger partial charge on any atom is 0.183 e. The van der Waals surface area contributed by atoms with Crippen molar-refractivity contribution in [2.75, 3.05) is 5.32 Å². The Bertz CT molecular complexity index is 957. The molecule has 6 heteroatoms. The van der Waals surface area contributed by atoms with Crippen molar-refractivity contribution in [3.05, 3.63) is 77.7 Å². The van der Waals surface area contributed by atoms with Gasteiger partial charge >= 0.3 is 0 Å². The lowest BCUT2D eigenvalue weighted by molar-refractivity contribution is 0.471. The van der Waals surface area contributed by atoms with Gasteiger partial charge in [0.15, 0.2) is 5.13 Å². The van der Waals surface area contributed by atoms with Crippen LogP contribution in [0.5, 0.6) is 5.75 Å². The summed E-state index contributed by atoms with van der Waals surface area (Å²) < 4.78 is 0. The summed E-state index contributed by atoms with van der Waals surface area (Å²) in [6, 6.07) is 13.0. The molecule has 0 amide bonds. The highest BCUT2D eigenvalue weighted by molar-refractivity contribution is 7.13. The first kappa shape index (κ1) is 14.6. The van der Waals surface area contributed by atoms with Crippen molar-refractivity contribution in [2.45, 2.75) is 6.04 Å². The van der Waals surface area contributed by atoms with E-state index in [9.17, 15) is 5.11 Å². The van der Waals surface area contributed by atoms with Crippen molar-refractivity contribution in [1.82, 2.24) is 15.0 Å². The zero-order chi connectivity index (χ0) is 16.4. The van der Waals surface area contributed by atoms with Gasteiger partial charge in [0.25, 0.3) is 0 Å². The van der Waals surface area contributed by atoms with Gasteiger partial charge in [-0.25, -0.2) is 4.98 Å². The van der Waals surface area contributed by atoms with Gasteiger partial charge in [-0.3, -0.25) is 9.97 Å². The molecule has 0 spiro atoms. The molecule has 118 valence electrons. The van der Waals surface area contributed by atoms with E-state index >= 15 is 0 Å². The third kappa shape index (κ3) is 2.68. The highest BCUT2D eigenvalue weighted by Gasteiger charge is 2.21. The number of anilines is 1. The summed E-state index contributed by atoms with van der Waals surface area (Å²) in [5, 5.41) is 17.7. The van der Waals surface area contributed by atoms with Crippen LogP contribution in [0, 0.1) is 0 Å². The van der Waals surface area contributed by atoms with E-state index in [2.05, 4.69) is 20.3 Å². The molecular weight excluding hydrogens is 320 g/mol. The molecule has 0 unspecified atom stereocenters. The Morgan fingerprint density at radius 2 is 1.83 bits per heavy atom. The molecule has 0 saturated heterocycles. The third-order valence-electron chi connectivity index (χ3n) is 3.77. The van der Waals surface area contributed by atoms with E-state index in [0.717, 1.165) is 21.8 Å². The monoisotopic (exact) mass is 334 g/mol. The van der Waals surface area contributed by atoms with Gasteiger partial charge < -0.3 is 10.4 Å². The molecule has 3 aromatic heterocycles. The second-order valence-electron chi connectivity index (χ2n) is 5.25. The van der Waals surface area contributed by atoms with Crippen LogP contribution < -0.4 is 5.32 Å². The Morgan fingerprint density at radius 3 is 2.62 bits per heavy atom. The highest BCUT2D eigenvalue weighted by Crippen LogP contribution is 2.35. The number of nitrogens with zero attached hydrogens (tertiary/aromatic N) is 3. The predicted octanol–water partition coefficient (Wildman–Crippen LogP) is 3.99. The van der Waals surface area contributed by atoms with E-state index in [1.165, 1.54) is 11.3 Å². The molecule has 1 atom stereocenters. The quantitative estimate of drug-likeness (QED) is 0.590. The highest BCUT2D eigenvalue weighted by atomic mass is 32.1. The zero-order valence-electron chi connectivity index (χ0n) is 12.6. The molecule has 0 aliphatic rings. The second kappa shape index (κ2) is 6.25. The molecule has 24 heavy (non-hydrogen) atoms. The number of nitrogens with one attached hydrogen (secondary N) is 1. The molecule has 4 aromatic rings. The van der Waals surface area contributed by atoms with Crippen molar-refractivity contribution >= 4 is 27.4 Å². The van der Waals surface area contributed by atoms with Crippen LogP contribution in [0.1, 0.15) is 17.3 Å². The van der Waals surface area contributed by atoms with Crippen molar-refractivity contribution in [1.29, 1.82) is 0 Å². The molecule has 0 saturated carbocycles. The van der Waals surface area contributed by atoms with Crippen molar-refractivity contribution < 1.29 is 5.11 Å². The standard InChI is InChI=1S/C18H14N4OS/c23-17-13(7-6-12-4-3-9-20-15(12)17)16(14-5-1-2-8-19-14)22-18-21-10-11-24-18/h1-11,16,23H,(H,21,22)/t16-/m0/s1. The van der Waals surface area contributed by atoms with Gasteiger partial charge in [-0.1, -0.05) is 24.3 Å². The van der Waals surface area contributed by atoms with Gasteiger partial charge in [0, 0.05) is 34.9 Å². The number of aromatic nitrogens is 3. The Hall–Kier alpha value is -2.99. The van der Waals surface area contributed by atoms with Crippen LogP contribution in [0.3, 0.4) is 0 Å². The van der Waals surface area contributed by atoms with Crippen molar-refractivity contribution in [3.63, 3.8) is 0 Å².